The normalized spacial score (nSPS) is 13.9. The van der Waals surface area contributed by atoms with Gasteiger partial charge in [-0.3, -0.25) is 0 Å². The molecule has 1 N–H and O–H groups in total. The van der Waals surface area contributed by atoms with Gasteiger partial charge in [-0.1, -0.05) is 18.2 Å². The molecule has 2 aromatic rings. The van der Waals surface area contributed by atoms with E-state index in [4.69, 9.17) is 0 Å². The van der Waals surface area contributed by atoms with Gasteiger partial charge in [0.1, 0.15) is 12.2 Å². The SMILES string of the molecule is O=CC(c1c[nH]c2ccccc12)C(F)(F)F. The first-order valence-corrected chi connectivity index (χ1v) is 4.62. The Hall–Kier alpha value is -1.78. The standard InChI is InChI=1S/C11H8F3NO/c12-11(13,14)9(6-16)8-5-15-10-4-2-1-3-7(8)10/h1-6,9,15H. The summed E-state index contributed by atoms with van der Waals surface area (Å²) in [6, 6.07) is 6.57. The molecule has 2 rings (SSSR count). The van der Waals surface area contributed by atoms with Crippen molar-refractivity contribution in [1.29, 1.82) is 0 Å². The lowest BCUT2D eigenvalue weighted by Gasteiger charge is -2.13. The first-order chi connectivity index (χ1) is 7.54. The maximum absolute atomic E-state index is 12.6. The lowest BCUT2D eigenvalue weighted by molar-refractivity contribution is -0.155. The second kappa shape index (κ2) is 3.66. The zero-order valence-corrected chi connectivity index (χ0v) is 8.08. The topological polar surface area (TPSA) is 32.9 Å². The lowest BCUT2D eigenvalue weighted by Crippen LogP contribution is -2.21. The van der Waals surface area contributed by atoms with Crippen molar-refractivity contribution in [3.05, 3.63) is 36.0 Å². The number of hydrogen-bond donors (Lipinski definition) is 1. The van der Waals surface area contributed by atoms with E-state index in [-0.39, 0.29) is 11.8 Å². The van der Waals surface area contributed by atoms with Crippen LogP contribution in [-0.2, 0) is 4.79 Å². The molecule has 0 radical (unpaired) electrons. The number of aromatic nitrogens is 1. The Bertz CT molecular complexity index is 515. The summed E-state index contributed by atoms with van der Waals surface area (Å²) in [5.41, 5.74) is 0.562. The Morgan fingerprint density at radius 2 is 1.94 bits per heavy atom. The van der Waals surface area contributed by atoms with E-state index in [1.165, 1.54) is 6.20 Å². The van der Waals surface area contributed by atoms with E-state index in [0.29, 0.717) is 10.9 Å². The molecule has 0 aliphatic heterocycles. The molecule has 0 saturated heterocycles. The number of alkyl halides is 3. The quantitative estimate of drug-likeness (QED) is 0.786. The summed E-state index contributed by atoms with van der Waals surface area (Å²) in [4.78, 5) is 13.3. The van der Waals surface area contributed by atoms with E-state index in [0.717, 1.165) is 0 Å². The second-order valence-corrected chi connectivity index (χ2v) is 3.44. The van der Waals surface area contributed by atoms with Gasteiger partial charge in [-0.15, -0.1) is 0 Å². The molecule has 2 nitrogen and oxygen atoms in total. The zero-order chi connectivity index (χ0) is 11.8. The number of benzene rings is 1. The average Bonchev–Trinajstić information content (AvgIpc) is 2.61. The molecule has 5 heteroatoms. The second-order valence-electron chi connectivity index (χ2n) is 3.44. The highest BCUT2D eigenvalue weighted by molar-refractivity contribution is 5.86. The van der Waals surface area contributed by atoms with Gasteiger partial charge in [0.15, 0.2) is 0 Å². The van der Waals surface area contributed by atoms with Gasteiger partial charge in [-0.05, 0) is 11.6 Å². The van der Waals surface area contributed by atoms with Crippen molar-refractivity contribution in [3.8, 4) is 0 Å². The highest BCUT2D eigenvalue weighted by atomic mass is 19.4. The Morgan fingerprint density at radius 1 is 1.25 bits per heavy atom. The first-order valence-electron chi connectivity index (χ1n) is 4.62. The Labute approximate surface area is 89.1 Å². The van der Waals surface area contributed by atoms with Crippen LogP contribution >= 0.6 is 0 Å². The van der Waals surface area contributed by atoms with Gasteiger partial charge in [0.25, 0.3) is 0 Å². The summed E-state index contributed by atoms with van der Waals surface area (Å²) < 4.78 is 37.7. The number of hydrogen-bond acceptors (Lipinski definition) is 1. The van der Waals surface area contributed by atoms with Gasteiger partial charge >= 0.3 is 6.18 Å². The van der Waals surface area contributed by atoms with E-state index in [9.17, 15) is 18.0 Å². The Balaban J connectivity index is 2.58. The molecule has 0 bridgehead atoms. The number of rotatable bonds is 2. The van der Waals surface area contributed by atoms with Crippen molar-refractivity contribution >= 4 is 17.2 Å². The van der Waals surface area contributed by atoms with E-state index < -0.39 is 12.1 Å². The predicted molar refractivity (Wildman–Crippen MR) is 53.2 cm³/mol. The number of aromatic amines is 1. The molecule has 84 valence electrons. The lowest BCUT2D eigenvalue weighted by atomic mass is 10.00. The van der Waals surface area contributed by atoms with E-state index in [1.54, 1.807) is 24.3 Å². The minimum Gasteiger partial charge on any atom is -0.361 e. The zero-order valence-electron chi connectivity index (χ0n) is 8.08. The average molecular weight is 227 g/mol. The molecule has 0 spiro atoms. The smallest absolute Gasteiger partial charge is 0.361 e. The molecule has 1 atom stereocenters. The van der Waals surface area contributed by atoms with Crippen LogP contribution in [0.15, 0.2) is 30.5 Å². The van der Waals surface area contributed by atoms with Crippen LogP contribution in [0.1, 0.15) is 11.5 Å². The van der Waals surface area contributed by atoms with Crippen LogP contribution in [0.3, 0.4) is 0 Å². The number of carbonyl (C=O) groups excluding carboxylic acids is 1. The maximum atomic E-state index is 12.6. The van der Waals surface area contributed by atoms with Crippen LogP contribution in [0.25, 0.3) is 10.9 Å². The first kappa shape index (κ1) is 10.7. The summed E-state index contributed by atoms with van der Waals surface area (Å²) in [6.45, 7) is 0. The molecule has 0 amide bonds. The van der Waals surface area contributed by atoms with Crippen molar-refractivity contribution in [2.45, 2.75) is 12.1 Å². The molecule has 1 aromatic carbocycles. The monoisotopic (exact) mass is 227 g/mol. The molecule has 1 unspecified atom stereocenters. The van der Waals surface area contributed by atoms with Crippen LogP contribution in [0.2, 0.25) is 0 Å². The van der Waals surface area contributed by atoms with Crippen LogP contribution < -0.4 is 0 Å². The third-order valence-corrected chi connectivity index (χ3v) is 2.45. The van der Waals surface area contributed by atoms with Gasteiger partial charge in [0.05, 0.1) is 0 Å². The molecule has 0 saturated carbocycles. The summed E-state index contributed by atoms with van der Waals surface area (Å²) in [5, 5.41) is 0.428. The summed E-state index contributed by atoms with van der Waals surface area (Å²) in [6.07, 6.45) is -3.39. The van der Waals surface area contributed by atoms with Crippen molar-refractivity contribution in [2.75, 3.05) is 0 Å². The Morgan fingerprint density at radius 3 is 2.56 bits per heavy atom. The number of H-pyrrole nitrogens is 1. The van der Waals surface area contributed by atoms with Crippen molar-refractivity contribution < 1.29 is 18.0 Å². The minimum absolute atomic E-state index is 0.0295. The van der Waals surface area contributed by atoms with Gasteiger partial charge in [-0.2, -0.15) is 13.2 Å². The molecular formula is C11H8F3NO. The van der Waals surface area contributed by atoms with E-state index >= 15 is 0 Å². The Kier molecular flexibility index (Phi) is 2.46. The molecular weight excluding hydrogens is 219 g/mol. The molecule has 0 aliphatic carbocycles. The predicted octanol–water partition coefficient (Wildman–Crippen LogP) is 3.01. The molecule has 1 aromatic heterocycles. The number of nitrogens with one attached hydrogen (secondary N) is 1. The highest BCUT2D eigenvalue weighted by Crippen LogP contribution is 2.36. The number of aldehydes is 1. The van der Waals surface area contributed by atoms with Gasteiger partial charge < -0.3 is 9.78 Å². The molecule has 16 heavy (non-hydrogen) atoms. The third-order valence-electron chi connectivity index (χ3n) is 2.45. The molecule has 1 heterocycles. The van der Waals surface area contributed by atoms with Crippen LogP contribution in [0.5, 0.6) is 0 Å². The van der Waals surface area contributed by atoms with Crippen LogP contribution in [0.4, 0.5) is 13.2 Å². The van der Waals surface area contributed by atoms with Crippen LogP contribution in [0, 0.1) is 0 Å². The fourth-order valence-electron chi connectivity index (χ4n) is 1.68. The highest BCUT2D eigenvalue weighted by Gasteiger charge is 2.41. The third kappa shape index (κ3) is 1.68. The van der Waals surface area contributed by atoms with Crippen molar-refractivity contribution in [1.82, 2.24) is 4.98 Å². The van der Waals surface area contributed by atoms with Gasteiger partial charge in [0.2, 0.25) is 0 Å². The molecule has 0 fully saturated rings. The van der Waals surface area contributed by atoms with Crippen molar-refractivity contribution in [3.63, 3.8) is 0 Å². The summed E-state index contributed by atoms with van der Waals surface area (Å²) in [5.74, 6) is -2.07. The van der Waals surface area contributed by atoms with E-state index in [2.05, 4.69) is 4.98 Å². The summed E-state index contributed by atoms with van der Waals surface area (Å²) in [7, 11) is 0. The summed E-state index contributed by atoms with van der Waals surface area (Å²) >= 11 is 0. The number of fused-ring (bicyclic) bond motifs is 1. The fourth-order valence-corrected chi connectivity index (χ4v) is 1.68. The number of carbonyl (C=O) groups is 1. The van der Waals surface area contributed by atoms with Crippen molar-refractivity contribution in [2.24, 2.45) is 0 Å². The van der Waals surface area contributed by atoms with Crippen LogP contribution in [-0.4, -0.2) is 17.4 Å². The van der Waals surface area contributed by atoms with E-state index in [1.807, 2.05) is 0 Å². The maximum Gasteiger partial charge on any atom is 0.402 e. The van der Waals surface area contributed by atoms with Gasteiger partial charge in [-0.25, -0.2) is 0 Å². The minimum atomic E-state index is -4.55. The molecule has 0 aliphatic rings. The van der Waals surface area contributed by atoms with Gasteiger partial charge in [0, 0.05) is 17.1 Å². The largest absolute Gasteiger partial charge is 0.402 e. The number of halogens is 3. The number of para-hydroxylation sites is 1. The fraction of sp³-hybridized carbons (Fsp3) is 0.182.